The van der Waals surface area contributed by atoms with E-state index in [1.54, 1.807) is 4.90 Å². The number of fused-ring (bicyclic) bond motifs is 6. The second kappa shape index (κ2) is 6.19. The van der Waals surface area contributed by atoms with Crippen molar-refractivity contribution in [3.8, 4) is 0 Å². The van der Waals surface area contributed by atoms with Crippen molar-refractivity contribution in [1.29, 1.82) is 0 Å². The quantitative estimate of drug-likeness (QED) is 0.539. The molecule has 148 valence electrons. The summed E-state index contributed by atoms with van der Waals surface area (Å²) in [4.78, 5) is 30.5. The standard InChI is InChI=1S/C24H17BrN2O3/c25-17-11-10-16-12-21-22(28)30-24(27(21)20(16)13-17)18-8-4-5-9-19(18)26(23(24)29)14-15-6-2-1-3-7-15/h1-11,13,21H,12,14H2/t21?,24-/m1/s1. The molecule has 1 unspecified atom stereocenters. The summed E-state index contributed by atoms with van der Waals surface area (Å²) in [5.41, 5.74) is 2.97. The molecule has 0 radical (unpaired) electrons. The van der Waals surface area contributed by atoms with Gasteiger partial charge in [0.1, 0.15) is 6.04 Å². The number of halogens is 1. The number of nitrogens with zero attached hydrogens (tertiary/aromatic N) is 2. The number of hydrogen-bond acceptors (Lipinski definition) is 4. The minimum atomic E-state index is -1.46. The van der Waals surface area contributed by atoms with Gasteiger partial charge in [-0.3, -0.25) is 4.79 Å². The fraction of sp³-hybridized carbons (Fsp3) is 0.167. The number of rotatable bonds is 2. The van der Waals surface area contributed by atoms with Gasteiger partial charge in [-0.25, -0.2) is 4.79 Å². The molecule has 2 atom stereocenters. The highest BCUT2D eigenvalue weighted by molar-refractivity contribution is 9.10. The largest absolute Gasteiger partial charge is 0.423 e. The van der Waals surface area contributed by atoms with Gasteiger partial charge in [0.15, 0.2) is 0 Å². The van der Waals surface area contributed by atoms with Gasteiger partial charge in [-0.1, -0.05) is 70.5 Å². The molecule has 6 rings (SSSR count). The molecule has 1 saturated heterocycles. The first-order valence-electron chi connectivity index (χ1n) is 9.85. The number of carbonyl (C=O) groups is 2. The number of esters is 1. The minimum absolute atomic E-state index is 0.226. The first kappa shape index (κ1) is 17.7. The smallest absolute Gasteiger partial charge is 0.332 e. The fourth-order valence-electron chi connectivity index (χ4n) is 4.90. The highest BCUT2D eigenvalue weighted by Gasteiger charge is 2.67. The van der Waals surface area contributed by atoms with E-state index in [2.05, 4.69) is 15.9 Å². The maximum absolute atomic E-state index is 14.0. The molecule has 0 N–H and O–H groups in total. The topological polar surface area (TPSA) is 49.9 Å². The van der Waals surface area contributed by atoms with Crippen LogP contribution in [-0.4, -0.2) is 17.9 Å². The Hall–Kier alpha value is -3.12. The van der Waals surface area contributed by atoms with E-state index in [1.165, 1.54) is 0 Å². The number of para-hydroxylation sites is 1. The van der Waals surface area contributed by atoms with Gasteiger partial charge in [0.05, 0.1) is 17.8 Å². The van der Waals surface area contributed by atoms with Crippen LogP contribution in [0.5, 0.6) is 0 Å². The Bertz CT molecular complexity index is 1210. The summed E-state index contributed by atoms with van der Waals surface area (Å²) in [6, 6.07) is 22.9. The predicted molar refractivity (Wildman–Crippen MR) is 116 cm³/mol. The molecule has 3 aromatic carbocycles. The Labute approximate surface area is 182 Å². The van der Waals surface area contributed by atoms with Crippen molar-refractivity contribution in [2.24, 2.45) is 0 Å². The molecule has 0 aliphatic carbocycles. The molecule has 30 heavy (non-hydrogen) atoms. The van der Waals surface area contributed by atoms with Crippen LogP contribution in [0.1, 0.15) is 16.7 Å². The number of anilines is 2. The van der Waals surface area contributed by atoms with Gasteiger partial charge in [0, 0.05) is 16.6 Å². The maximum Gasteiger partial charge on any atom is 0.332 e. The molecular formula is C24H17BrN2O3. The van der Waals surface area contributed by atoms with Crippen LogP contribution in [-0.2, 0) is 33.0 Å². The van der Waals surface area contributed by atoms with E-state index in [0.717, 1.165) is 32.5 Å². The van der Waals surface area contributed by atoms with E-state index < -0.39 is 11.8 Å². The lowest BCUT2D eigenvalue weighted by atomic mass is 10.0. The summed E-state index contributed by atoms with van der Waals surface area (Å²) in [5, 5.41) is 0. The van der Waals surface area contributed by atoms with Crippen LogP contribution < -0.4 is 9.80 Å². The van der Waals surface area contributed by atoms with Crippen LogP contribution in [0.15, 0.2) is 77.3 Å². The van der Waals surface area contributed by atoms with Crippen molar-refractivity contribution < 1.29 is 14.3 Å². The van der Waals surface area contributed by atoms with Crippen molar-refractivity contribution in [2.75, 3.05) is 9.80 Å². The number of amides is 1. The summed E-state index contributed by atoms with van der Waals surface area (Å²) < 4.78 is 6.86. The lowest BCUT2D eigenvalue weighted by Crippen LogP contribution is -2.51. The summed E-state index contributed by atoms with van der Waals surface area (Å²) in [7, 11) is 0. The van der Waals surface area contributed by atoms with Gasteiger partial charge >= 0.3 is 5.97 Å². The fourth-order valence-corrected chi connectivity index (χ4v) is 5.25. The lowest BCUT2D eigenvalue weighted by molar-refractivity contribution is -0.157. The molecule has 0 bridgehead atoms. The van der Waals surface area contributed by atoms with Gasteiger partial charge in [-0.15, -0.1) is 0 Å². The maximum atomic E-state index is 14.0. The van der Waals surface area contributed by atoms with E-state index in [9.17, 15) is 9.59 Å². The third-order valence-corrected chi connectivity index (χ3v) is 6.66. The van der Waals surface area contributed by atoms with Crippen LogP contribution in [0.4, 0.5) is 11.4 Å². The van der Waals surface area contributed by atoms with Gasteiger partial charge in [0.2, 0.25) is 0 Å². The zero-order valence-corrected chi connectivity index (χ0v) is 17.5. The number of hydrogen-bond donors (Lipinski definition) is 0. The molecule has 3 aromatic rings. The lowest BCUT2D eigenvalue weighted by Gasteiger charge is -2.32. The normalized spacial score (nSPS) is 23.6. The van der Waals surface area contributed by atoms with Crippen molar-refractivity contribution in [3.63, 3.8) is 0 Å². The van der Waals surface area contributed by atoms with Crippen LogP contribution in [0.3, 0.4) is 0 Å². The molecular weight excluding hydrogens is 444 g/mol. The van der Waals surface area contributed by atoms with Gasteiger partial charge < -0.3 is 14.5 Å². The summed E-state index contributed by atoms with van der Waals surface area (Å²) >= 11 is 3.53. The SMILES string of the molecule is O=C1O[C@]2(C(=O)N(Cc3ccccc3)c3ccccc32)N2c3cc(Br)ccc3CC12. The van der Waals surface area contributed by atoms with E-state index in [4.69, 9.17) is 4.74 Å². The van der Waals surface area contributed by atoms with Crippen molar-refractivity contribution in [1.82, 2.24) is 0 Å². The molecule has 1 spiro atoms. The summed E-state index contributed by atoms with van der Waals surface area (Å²) in [6.07, 6.45) is 0.539. The Balaban J connectivity index is 1.54. The molecule has 3 heterocycles. The first-order valence-corrected chi connectivity index (χ1v) is 10.6. The monoisotopic (exact) mass is 460 g/mol. The molecule has 5 nitrogen and oxygen atoms in total. The molecule has 1 fully saturated rings. The summed E-state index contributed by atoms with van der Waals surface area (Å²) in [5.74, 6) is -0.580. The number of carbonyl (C=O) groups excluding carboxylic acids is 2. The Morgan fingerprint density at radius 1 is 0.967 bits per heavy atom. The Morgan fingerprint density at radius 3 is 2.57 bits per heavy atom. The predicted octanol–water partition coefficient (Wildman–Crippen LogP) is 4.14. The highest BCUT2D eigenvalue weighted by Crippen LogP contribution is 2.54. The van der Waals surface area contributed by atoms with Crippen LogP contribution in [0.25, 0.3) is 0 Å². The van der Waals surface area contributed by atoms with Crippen molar-refractivity contribution in [2.45, 2.75) is 24.7 Å². The van der Waals surface area contributed by atoms with E-state index in [-0.39, 0.29) is 11.9 Å². The van der Waals surface area contributed by atoms with Crippen LogP contribution in [0.2, 0.25) is 0 Å². The highest BCUT2D eigenvalue weighted by atomic mass is 79.9. The average Bonchev–Trinajstić information content (AvgIpc) is 3.35. The third-order valence-electron chi connectivity index (χ3n) is 6.17. The zero-order valence-electron chi connectivity index (χ0n) is 15.9. The van der Waals surface area contributed by atoms with E-state index >= 15 is 0 Å². The molecule has 6 heteroatoms. The van der Waals surface area contributed by atoms with Crippen LogP contribution in [0, 0.1) is 0 Å². The van der Waals surface area contributed by atoms with Crippen molar-refractivity contribution >= 4 is 39.2 Å². The Morgan fingerprint density at radius 2 is 1.73 bits per heavy atom. The Kier molecular flexibility index (Phi) is 3.65. The van der Waals surface area contributed by atoms with Gasteiger partial charge in [0.25, 0.3) is 11.6 Å². The molecule has 0 saturated carbocycles. The van der Waals surface area contributed by atoms with Crippen molar-refractivity contribution in [3.05, 3.63) is 94.0 Å². The number of ether oxygens (including phenoxy) is 1. The second-order valence-electron chi connectivity index (χ2n) is 7.82. The molecule has 0 aromatic heterocycles. The van der Waals surface area contributed by atoms with Gasteiger partial charge in [-0.2, -0.15) is 0 Å². The third kappa shape index (κ3) is 2.22. The number of benzene rings is 3. The van der Waals surface area contributed by atoms with Gasteiger partial charge in [-0.05, 0) is 29.3 Å². The van der Waals surface area contributed by atoms with E-state index in [1.807, 2.05) is 77.7 Å². The first-order chi connectivity index (χ1) is 14.6. The minimum Gasteiger partial charge on any atom is -0.423 e. The molecule has 3 aliphatic rings. The molecule has 1 amide bonds. The average molecular weight is 461 g/mol. The molecule has 3 aliphatic heterocycles. The van der Waals surface area contributed by atoms with Crippen LogP contribution >= 0.6 is 15.9 Å². The van der Waals surface area contributed by atoms with E-state index in [0.29, 0.717) is 13.0 Å². The zero-order chi connectivity index (χ0) is 20.5. The second-order valence-corrected chi connectivity index (χ2v) is 8.74. The summed E-state index contributed by atoms with van der Waals surface area (Å²) in [6.45, 7) is 0.417.